The molecule has 3 heteroatoms. The van der Waals surface area contributed by atoms with E-state index in [2.05, 4.69) is 27.9 Å². The zero-order valence-electron chi connectivity index (χ0n) is 8.66. The molecular formula is C11H17N3. The number of hydrogen-bond acceptors (Lipinski definition) is 2. The molecule has 0 spiro atoms. The normalized spacial score (nSPS) is 17.4. The maximum atomic E-state index is 4.01. The second-order valence-electron chi connectivity index (χ2n) is 3.97. The van der Waals surface area contributed by atoms with Crippen LogP contribution < -0.4 is 0 Å². The largest absolute Gasteiger partial charge is 0.348 e. The van der Waals surface area contributed by atoms with Gasteiger partial charge in [0, 0.05) is 25.0 Å². The molecule has 2 rings (SSSR count). The lowest BCUT2D eigenvalue weighted by molar-refractivity contribution is 0.342. The first-order valence-electron chi connectivity index (χ1n) is 5.20. The molecule has 0 amide bonds. The summed E-state index contributed by atoms with van der Waals surface area (Å²) in [5, 5.41) is 0. The summed E-state index contributed by atoms with van der Waals surface area (Å²) in [4.78, 5) is 9.61. The van der Waals surface area contributed by atoms with E-state index in [4.69, 9.17) is 0 Å². The summed E-state index contributed by atoms with van der Waals surface area (Å²) in [6, 6.07) is 0. The lowest BCUT2D eigenvalue weighted by Crippen LogP contribution is -2.22. The average Bonchev–Trinajstić information content (AvgIpc) is 2.77. The van der Waals surface area contributed by atoms with Crippen LogP contribution >= 0.6 is 0 Å². The van der Waals surface area contributed by atoms with Crippen molar-refractivity contribution >= 4 is 0 Å². The van der Waals surface area contributed by atoms with Crippen molar-refractivity contribution in [3.05, 3.63) is 29.9 Å². The van der Waals surface area contributed by atoms with Gasteiger partial charge < -0.3 is 4.98 Å². The van der Waals surface area contributed by atoms with Gasteiger partial charge in [-0.05, 0) is 26.3 Å². The zero-order valence-corrected chi connectivity index (χ0v) is 8.66. The molecule has 3 nitrogen and oxygen atoms in total. The lowest BCUT2D eigenvalue weighted by Gasteiger charge is -2.14. The summed E-state index contributed by atoms with van der Waals surface area (Å²) >= 11 is 0. The number of aryl methyl sites for hydroxylation is 1. The first-order valence-corrected chi connectivity index (χ1v) is 5.20. The summed E-state index contributed by atoms with van der Waals surface area (Å²) in [7, 11) is 0. The van der Waals surface area contributed by atoms with Crippen LogP contribution in [0.5, 0.6) is 0 Å². The van der Waals surface area contributed by atoms with Crippen molar-refractivity contribution < 1.29 is 0 Å². The predicted molar refractivity (Wildman–Crippen MR) is 57.1 cm³/mol. The molecular weight excluding hydrogens is 174 g/mol. The summed E-state index contributed by atoms with van der Waals surface area (Å²) in [5.74, 6) is 0. The molecule has 0 bridgehead atoms. The summed E-state index contributed by atoms with van der Waals surface area (Å²) in [5.41, 5.74) is 2.75. The Morgan fingerprint density at radius 3 is 3.14 bits per heavy atom. The van der Waals surface area contributed by atoms with Gasteiger partial charge in [0.1, 0.15) is 0 Å². The van der Waals surface area contributed by atoms with Crippen LogP contribution in [0, 0.1) is 0 Å². The van der Waals surface area contributed by atoms with Gasteiger partial charge in [0.15, 0.2) is 0 Å². The molecule has 1 N–H and O–H groups in total. The molecule has 0 aromatic carbocycles. The standard InChI is InChI=1S/C11H17N3/c1-10-4-6-14(8-10)5-2-3-11-7-12-9-13-11/h4,7,9H,2-3,5-6,8H2,1H3,(H,12,13). The van der Waals surface area contributed by atoms with Crippen LogP contribution in [0.4, 0.5) is 0 Å². The molecule has 1 aromatic heterocycles. The highest BCUT2D eigenvalue weighted by atomic mass is 15.1. The Bertz CT molecular complexity index is 300. The SMILES string of the molecule is CC1=CCN(CCCc2cnc[nH]2)C1. The highest BCUT2D eigenvalue weighted by Gasteiger charge is 2.09. The predicted octanol–water partition coefficient (Wildman–Crippen LogP) is 1.60. The number of hydrogen-bond donors (Lipinski definition) is 1. The number of aromatic amines is 1. The van der Waals surface area contributed by atoms with Crippen LogP contribution in [0.15, 0.2) is 24.2 Å². The summed E-state index contributed by atoms with van der Waals surface area (Å²) < 4.78 is 0. The van der Waals surface area contributed by atoms with Gasteiger partial charge in [-0.25, -0.2) is 4.98 Å². The smallest absolute Gasteiger partial charge is 0.0921 e. The Morgan fingerprint density at radius 1 is 1.57 bits per heavy atom. The molecule has 1 aromatic rings. The highest BCUT2D eigenvalue weighted by Crippen LogP contribution is 2.08. The molecule has 1 aliphatic rings. The first kappa shape index (κ1) is 9.46. The maximum Gasteiger partial charge on any atom is 0.0921 e. The minimum Gasteiger partial charge on any atom is -0.348 e. The molecule has 76 valence electrons. The Hall–Kier alpha value is -1.09. The van der Waals surface area contributed by atoms with E-state index in [0.29, 0.717) is 0 Å². The maximum absolute atomic E-state index is 4.01. The van der Waals surface area contributed by atoms with Crippen molar-refractivity contribution in [2.45, 2.75) is 19.8 Å². The highest BCUT2D eigenvalue weighted by molar-refractivity contribution is 5.08. The molecule has 1 aliphatic heterocycles. The van der Waals surface area contributed by atoms with Crippen molar-refractivity contribution in [3.8, 4) is 0 Å². The average molecular weight is 191 g/mol. The Kier molecular flexibility index (Phi) is 2.99. The van der Waals surface area contributed by atoms with Gasteiger partial charge in [0.05, 0.1) is 6.33 Å². The molecule has 2 heterocycles. The van der Waals surface area contributed by atoms with Crippen LogP contribution in [-0.4, -0.2) is 34.5 Å². The van der Waals surface area contributed by atoms with Crippen molar-refractivity contribution in [2.75, 3.05) is 19.6 Å². The molecule has 0 unspecified atom stereocenters. The van der Waals surface area contributed by atoms with Crippen molar-refractivity contribution in [2.24, 2.45) is 0 Å². The molecule has 0 radical (unpaired) electrons. The zero-order chi connectivity index (χ0) is 9.80. The second-order valence-corrected chi connectivity index (χ2v) is 3.97. The van der Waals surface area contributed by atoms with Crippen molar-refractivity contribution in [1.29, 1.82) is 0 Å². The van der Waals surface area contributed by atoms with Crippen LogP contribution in [-0.2, 0) is 6.42 Å². The van der Waals surface area contributed by atoms with Crippen LogP contribution in [0.2, 0.25) is 0 Å². The van der Waals surface area contributed by atoms with E-state index in [1.807, 2.05) is 6.20 Å². The number of imidazole rings is 1. The third-order valence-electron chi connectivity index (χ3n) is 2.65. The molecule has 0 saturated heterocycles. The van der Waals surface area contributed by atoms with Crippen LogP contribution in [0.1, 0.15) is 19.0 Å². The van der Waals surface area contributed by atoms with E-state index in [1.165, 1.54) is 24.2 Å². The van der Waals surface area contributed by atoms with E-state index >= 15 is 0 Å². The van der Waals surface area contributed by atoms with Gasteiger partial charge in [-0.3, -0.25) is 4.90 Å². The molecule has 0 aliphatic carbocycles. The fourth-order valence-electron chi connectivity index (χ4n) is 1.85. The van der Waals surface area contributed by atoms with Gasteiger partial charge >= 0.3 is 0 Å². The van der Waals surface area contributed by atoms with Gasteiger partial charge in [0.2, 0.25) is 0 Å². The Balaban J connectivity index is 1.65. The Morgan fingerprint density at radius 2 is 2.50 bits per heavy atom. The van der Waals surface area contributed by atoms with Crippen molar-refractivity contribution in [3.63, 3.8) is 0 Å². The fraction of sp³-hybridized carbons (Fsp3) is 0.545. The van der Waals surface area contributed by atoms with Crippen LogP contribution in [0.25, 0.3) is 0 Å². The third-order valence-corrected chi connectivity index (χ3v) is 2.65. The fourth-order valence-corrected chi connectivity index (χ4v) is 1.85. The molecule has 0 saturated carbocycles. The van der Waals surface area contributed by atoms with Gasteiger partial charge in [-0.2, -0.15) is 0 Å². The first-order chi connectivity index (χ1) is 6.84. The Labute approximate surface area is 84.8 Å². The summed E-state index contributed by atoms with van der Waals surface area (Å²) in [6.45, 7) is 5.68. The quantitative estimate of drug-likeness (QED) is 0.733. The van der Waals surface area contributed by atoms with E-state index in [0.717, 1.165) is 19.5 Å². The second kappa shape index (κ2) is 4.42. The topological polar surface area (TPSA) is 31.9 Å². The number of H-pyrrole nitrogens is 1. The number of aromatic nitrogens is 2. The summed E-state index contributed by atoms with van der Waals surface area (Å²) in [6.07, 6.45) is 8.29. The monoisotopic (exact) mass is 191 g/mol. The minimum absolute atomic E-state index is 1.11. The number of rotatable bonds is 4. The number of nitrogens with one attached hydrogen (secondary N) is 1. The van der Waals surface area contributed by atoms with Gasteiger partial charge in [-0.1, -0.05) is 11.6 Å². The van der Waals surface area contributed by atoms with E-state index in [1.54, 1.807) is 6.33 Å². The lowest BCUT2D eigenvalue weighted by atomic mass is 10.2. The molecule has 0 atom stereocenters. The van der Waals surface area contributed by atoms with Crippen LogP contribution in [0.3, 0.4) is 0 Å². The number of nitrogens with zero attached hydrogens (tertiary/aromatic N) is 2. The van der Waals surface area contributed by atoms with E-state index in [-0.39, 0.29) is 0 Å². The van der Waals surface area contributed by atoms with Gasteiger partial charge in [-0.15, -0.1) is 0 Å². The van der Waals surface area contributed by atoms with Crippen molar-refractivity contribution in [1.82, 2.24) is 14.9 Å². The third kappa shape index (κ3) is 2.45. The van der Waals surface area contributed by atoms with E-state index in [9.17, 15) is 0 Å². The van der Waals surface area contributed by atoms with Gasteiger partial charge in [0.25, 0.3) is 0 Å². The van der Waals surface area contributed by atoms with E-state index < -0.39 is 0 Å². The molecule has 14 heavy (non-hydrogen) atoms. The minimum atomic E-state index is 1.11. The molecule has 0 fully saturated rings.